The Bertz CT molecular complexity index is 744. The van der Waals surface area contributed by atoms with Crippen LogP contribution < -0.4 is 4.90 Å². The van der Waals surface area contributed by atoms with Crippen molar-refractivity contribution in [2.45, 2.75) is 18.9 Å². The number of halogens is 2. The van der Waals surface area contributed by atoms with Gasteiger partial charge in [-0.2, -0.15) is 0 Å². The molecule has 1 saturated heterocycles. The standard InChI is InChI=1S/C21H24ClFN2O/c22-17-1-6-20-16(15-17)8-14-26-21(20)7-9-24-10-12-25(13-11-24)19-4-2-18(23)3-5-19/h1-6,15,21H,7-14H2. The van der Waals surface area contributed by atoms with Crippen molar-refractivity contribution < 1.29 is 9.13 Å². The molecule has 0 bridgehead atoms. The highest BCUT2D eigenvalue weighted by Crippen LogP contribution is 2.31. The molecule has 5 heteroatoms. The van der Waals surface area contributed by atoms with Crippen LogP contribution in [-0.2, 0) is 11.2 Å². The summed E-state index contributed by atoms with van der Waals surface area (Å²) in [5, 5.41) is 0.807. The number of ether oxygens (including phenoxy) is 1. The Morgan fingerprint density at radius 1 is 1.04 bits per heavy atom. The van der Waals surface area contributed by atoms with E-state index < -0.39 is 0 Å². The third-order valence-electron chi connectivity index (χ3n) is 5.41. The van der Waals surface area contributed by atoms with Gasteiger partial charge in [-0.05, 0) is 60.4 Å². The zero-order chi connectivity index (χ0) is 17.9. The monoisotopic (exact) mass is 374 g/mol. The first-order valence-electron chi connectivity index (χ1n) is 9.32. The second-order valence-corrected chi connectivity index (χ2v) is 7.48. The highest BCUT2D eigenvalue weighted by atomic mass is 35.5. The number of piperazine rings is 1. The van der Waals surface area contributed by atoms with E-state index in [0.717, 1.165) is 62.9 Å². The summed E-state index contributed by atoms with van der Waals surface area (Å²) in [6.45, 7) is 5.81. The Labute approximate surface area is 159 Å². The van der Waals surface area contributed by atoms with E-state index >= 15 is 0 Å². The van der Waals surface area contributed by atoms with Crippen LogP contribution in [0.15, 0.2) is 42.5 Å². The zero-order valence-electron chi connectivity index (χ0n) is 14.8. The minimum Gasteiger partial charge on any atom is -0.373 e. The summed E-state index contributed by atoms with van der Waals surface area (Å²) in [7, 11) is 0. The third-order valence-corrected chi connectivity index (χ3v) is 5.65. The fourth-order valence-electron chi connectivity index (χ4n) is 3.93. The summed E-state index contributed by atoms with van der Waals surface area (Å²) >= 11 is 6.12. The Kier molecular flexibility index (Phi) is 5.44. The van der Waals surface area contributed by atoms with Gasteiger partial charge in [-0.3, -0.25) is 4.90 Å². The first-order valence-corrected chi connectivity index (χ1v) is 9.69. The van der Waals surface area contributed by atoms with E-state index in [1.807, 2.05) is 18.2 Å². The number of fused-ring (bicyclic) bond motifs is 1. The number of benzene rings is 2. The summed E-state index contributed by atoms with van der Waals surface area (Å²) < 4.78 is 19.1. The first kappa shape index (κ1) is 17.8. The third kappa shape index (κ3) is 4.03. The van der Waals surface area contributed by atoms with E-state index in [4.69, 9.17) is 16.3 Å². The Balaban J connectivity index is 1.30. The average Bonchev–Trinajstić information content (AvgIpc) is 2.67. The molecule has 1 atom stereocenters. The molecule has 0 saturated carbocycles. The van der Waals surface area contributed by atoms with Crippen LogP contribution in [0.5, 0.6) is 0 Å². The maximum atomic E-state index is 13.1. The number of anilines is 1. The molecule has 1 unspecified atom stereocenters. The molecule has 2 aliphatic heterocycles. The molecular weight excluding hydrogens is 351 g/mol. The molecule has 2 aromatic carbocycles. The molecule has 0 spiro atoms. The quantitative estimate of drug-likeness (QED) is 0.793. The van der Waals surface area contributed by atoms with E-state index in [1.165, 1.54) is 23.3 Å². The molecule has 0 N–H and O–H groups in total. The molecule has 2 aliphatic rings. The van der Waals surface area contributed by atoms with Gasteiger partial charge < -0.3 is 9.64 Å². The fraction of sp³-hybridized carbons (Fsp3) is 0.429. The number of hydrogen-bond donors (Lipinski definition) is 0. The van der Waals surface area contributed by atoms with Crippen LogP contribution in [0, 0.1) is 5.82 Å². The van der Waals surface area contributed by atoms with Crippen molar-refractivity contribution in [3.05, 3.63) is 64.4 Å². The maximum Gasteiger partial charge on any atom is 0.123 e. The van der Waals surface area contributed by atoms with Crippen LogP contribution >= 0.6 is 11.6 Å². The Morgan fingerprint density at radius 2 is 1.81 bits per heavy atom. The predicted molar refractivity (Wildman–Crippen MR) is 104 cm³/mol. The summed E-state index contributed by atoms with van der Waals surface area (Å²) in [6.07, 6.45) is 2.12. The topological polar surface area (TPSA) is 15.7 Å². The van der Waals surface area contributed by atoms with Crippen LogP contribution in [0.2, 0.25) is 5.02 Å². The molecule has 0 radical (unpaired) electrons. The highest BCUT2D eigenvalue weighted by Gasteiger charge is 2.23. The minimum absolute atomic E-state index is 0.172. The smallest absolute Gasteiger partial charge is 0.123 e. The van der Waals surface area contributed by atoms with Gasteiger partial charge in [-0.25, -0.2) is 4.39 Å². The van der Waals surface area contributed by atoms with Gasteiger partial charge in [-0.1, -0.05) is 17.7 Å². The normalized spacial score (nSPS) is 20.8. The van der Waals surface area contributed by atoms with Crippen LogP contribution in [-0.4, -0.2) is 44.2 Å². The van der Waals surface area contributed by atoms with Crippen LogP contribution in [0.4, 0.5) is 10.1 Å². The lowest BCUT2D eigenvalue weighted by Gasteiger charge is -2.37. The lowest BCUT2D eigenvalue weighted by Crippen LogP contribution is -2.46. The summed E-state index contributed by atoms with van der Waals surface area (Å²) in [5.74, 6) is -0.179. The van der Waals surface area contributed by atoms with Gasteiger partial charge in [0.1, 0.15) is 5.82 Å². The van der Waals surface area contributed by atoms with E-state index in [9.17, 15) is 4.39 Å². The second kappa shape index (κ2) is 7.95. The predicted octanol–water partition coefficient (Wildman–Crippen LogP) is 4.31. The lowest BCUT2D eigenvalue weighted by molar-refractivity contribution is 0.0289. The highest BCUT2D eigenvalue weighted by molar-refractivity contribution is 6.30. The van der Waals surface area contributed by atoms with Crippen molar-refractivity contribution in [1.29, 1.82) is 0 Å². The van der Waals surface area contributed by atoms with Gasteiger partial charge in [0.05, 0.1) is 12.7 Å². The lowest BCUT2D eigenvalue weighted by atomic mass is 9.95. The van der Waals surface area contributed by atoms with Crippen molar-refractivity contribution in [2.75, 3.05) is 44.2 Å². The van der Waals surface area contributed by atoms with Gasteiger partial charge in [-0.15, -0.1) is 0 Å². The summed E-state index contributed by atoms with van der Waals surface area (Å²) in [5.41, 5.74) is 3.73. The summed E-state index contributed by atoms with van der Waals surface area (Å²) in [6, 6.07) is 13.0. The number of hydrogen-bond acceptors (Lipinski definition) is 3. The molecule has 2 heterocycles. The average molecular weight is 375 g/mol. The molecule has 2 aromatic rings. The van der Waals surface area contributed by atoms with E-state index in [2.05, 4.69) is 21.9 Å². The second-order valence-electron chi connectivity index (χ2n) is 7.05. The fourth-order valence-corrected chi connectivity index (χ4v) is 4.12. The SMILES string of the molecule is Fc1ccc(N2CCN(CCC3OCCc4cc(Cl)ccc43)CC2)cc1. The van der Waals surface area contributed by atoms with Gasteiger partial charge >= 0.3 is 0 Å². The Morgan fingerprint density at radius 3 is 2.58 bits per heavy atom. The molecule has 1 fully saturated rings. The molecule has 0 aliphatic carbocycles. The number of nitrogens with zero attached hydrogens (tertiary/aromatic N) is 2. The van der Waals surface area contributed by atoms with Crippen molar-refractivity contribution in [3.63, 3.8) is 0 Å². The number of rotatable bonds is 4. The van der Waals surface area contributed by atoms with Gasteiger partial charge in [0, 0.05) is 43.4 Å². The van der Waals surface area contributed by atoms with Crippen LogP contribution in [0.25, 0.3) is 0 Å². The molecule has 4 rings (SSSR count). The van der Waals surface area contributed by atoms with E-state index in [-0.39, 0.29) is 11.9 Å². The van der Waals surface area contributed by atoms with Gasteiger partial charge in [0.15, 0.2) is 0 Å². The van der Waals surface area contributed by atoms with Crippen molar-refractivity contribution >= 4 is 17.3 Å². The van der Waals surface area contributed by atoms with Crippen molar-refractivity contribution in [3.8, 4) is 0 Å². The molecule has 0 aromatic heterocycles. The Hall–Kier alpha value is -1.62. The van der Waals surface area contributed by atoms with E-state index in [1.54, 1.807) is 0 Å². The van der Waals surface area contributed by atoms with Crippen molar-refractivity contribution in [1.82, 2.24) is 4.90 Å². The van der Waals surface area contributed by atoms with Crippen molar-refractivity contribution in [2.24, 2.45) is 0 Å². The van der Waals surface area contributed by atoms with E-state index in [0.29, 0.717) is 0 Å². The summed E-state index contributed by atoms with van der Waals surface area (Å²) in [4.78, 5) is 4.82. The molecule has 0 amide bonds. The van der Waals surface area contributed by atoms with Crippen LogP contribution in [0.1, 0.15) is 23.7 Å². The van der Waals surface area contributed by atoms with Gasteiger partial charge in [0.2, 0.25) is 0 Å². The maximum absolute atomic E-state index is 13.1. The minimum atomic E-state index is -0.179. The van der Waals surface area contributed by atoms with Crippen LogP contribution in [0.3, 0.4) is 0 Å². The molecule has 26 heavy (non-hydrogen) atoms. The van der Waals surface area contributed by atoms with Gasteiger partial charge in [0.25, 0.3) is 0 Å². The largest absolute Gasteiger partial charge is 0.373 e. The zero-order valence-corrected chi connectivity index (χ0v) is 15.6. The molecule has 3 nitrogen and oxygen atoms in total. The first-order chi connectivity index (χ1) is 12.7. The molecular formula is C21H24ClFN2O. The molecule has 138 valence electrons.